The van der Waals surface area contributed by atoms with Crippen molar-refractivity contribution in [2.24, 2.45) is 0 Å². The first-order valence-electron chi connectivity index (χ1n) is 6.52. The lowest BCUT2D eigenvalue weighted by molar-refractivity contribution is 0.188. The fourth-order valence-corrected chi connectivity index (χ4v) is 4.31. The molecule has 0 radical (unpaired) electrons. The molecule has 0 saturated carbocycles. The Hall–Kier alpha value is -0.430. The van der Waals surface area contributed by atoms with E-state index in [0.29, 0.717) is 18.0 Å². The zero-order valence-electron chi connectivity index (χ0n) is 11.0. The van der Waals surface area contributed by atoms with Crippen LogP contribution in [0, 0.1) is 0 Å². The van der Waals surface area contributed by atoms with E-state index in [0.717, 1.165) is 30.5 Å². The Morgan fingerprint density at radius 2 is 1.89 bits per heavy atom. The van der Waals surface area contributed by atoms with Crippen molar-refractivity contribution in [3.63, 3.8) is 0 Å². The highest BCUT2D eigenvalue weighted by molar-refractivity contribution is 9.10. The molecule has 1 aliphatic rings. The third-order valence-electron chi connectivity index (χ3n) is 3.30. The lowest BCUT2D eigenvalue weighted by Crippen LogP contribution is -2.48. The third-order valence-corrected chi connectivity index (χ3v) is 5.69. The molecule has 1 saturated heterocycles. The van der Waals surface area contributed by atoms with E-state index in [1.165, 1.54) is 0 Å². The smallest absolute Gasteiger partial charge is 0.243 e. The summed E-state index contributed by atoms with van der Waals surface area (Å²) >= 11 is 3.32. The van der Waals surface area contributed by atoms with E-state index in [9.17, 15) is 8.42 Å². The fraction of sp³-hybridized carbons (Fsp3) is 0.538. The SMILES string of the molecule is CCCN1CCN(S(=O)(=O)c2cccc(Br)c2)CC1. The van der Waals surface area contributed by atoms with Crippen LogP contribution >= 0.6 is 15.9 Å². The molecule has 0 bridgehead atoms. The van der Waals surface area contributed by atoms with Crippen LogP contribution in [0.2, 0.25) is 0 Å². The third kappa shape index (κ3) is 3.56. The van der Waals surface area contributed by atoms with E-state index < -0.39 is 10.0 Å². The van der Waals surface area contributed by atoms with Crippen LogP contribution in [-0.4, -0.2) is 50.3 Å². The van der Waals surface area contributed by atoms with Crippen molar-refractivity contribution >= 4 is 26.0 Å². The Morgan fingerprint density at radius 1 is 1.21 bits per heavy atom. The molecule has 1 aromatic carbocycles. The second kappa shape index (κ2) is 6.35. The molecule has 0 aromatic heterocycles. The summed E-state index contributed by atoms with van der Waals surface area (Å²) in [4.78, 5) is 2.68. The minimum Gasteiger partial charge on any atom is -0.301 e. The Labute approximate surface area is 123 Å². The van der Waals surface area contributed by atoms with Crippen LogP contribution in [-0.2, 0) is 10.0 Å². The second-order valence-electron chi connectivity index (χ2n) is 4.70. The monoisotopic (exact) mass is 346 g/mol. The van der Waals surface area contributed by atoms with Crippen molar-refractivity contribution < 1.29 is 8.42 Å². The first kappa shape index (κ1) is 15.0. The zero-order chi connectivity index (χ0) is 13.9. The van der Waals surface area contributed by atoms with Gasteiger partial charge in [-0.15, -0.1) is 0 Å². The van der Waals surface area contributed by atoms with Crippen molar-refractivity contribution in [2.45, 2.75) is 18.2 Å². The van der Waals surface area contributed by atoms with E-state index in [-0.39, 0.29) is 0 Å². The molecule has 1 aliphatic heterocycles. The molecule has 2 rings (SSSR count). The van der Waals surface area contributed by atoms with Gasteiger partial charge in [-0.2, -0.15) is 4.31 Å². The lowest BCUT2D eigenvalue weighted by atomic mass is 10.3. The zero-order valence-corrected chi connectivity index (χ0v) is 13.5. The number of hydrogen-bond donors (Lipinski definition) is 0. The largest absolute Gasteiger partial charge is 0.301 e. The first-order chi connectivity index (χ1) is 9.04. The van der Waals surface area contributed by atoms with Crippen molar-refractivity contribution in [3.05, 3.63) is 28.7 Å². The molecule has 0 unspecified atom stereocenters. The maximum atomic E-state index is 12.5. The average molecular weight is 347 g/mol. The number of sulfonamides is 1. The molecule has 106 valence electrons. The molecule has 1 fully saturated rings. The van der Waals surface area contributed by atoms with Crippen LogP contribution in [0.5, 0.6) is 0 Å². The van der Waals surface area contributed by atoms with Crippen LogP contribution in [0.3, 0.4) is 0 Å². The molecule has 0 spiro atoms. The Kier molecular flexibility index (Phi) is 5.00. The number of hydrogen-bond acceptors (Lipinski definition) is 3. The van der Waals surface area contributed by atoms with Gasteiger partial charge in [-0.25, -0.2) is 8.42 Å². The highest BCUT2D eigenvalue weighted by atomic mass is 79.9. The molecule has 6 heteroatoms. The summed E-state index contributed by atoms with van der Waals surface area (Å²) in [6.45, 7) is 5.99. The number of halogens is 1. The van der Waals surface area contributed by atoms with Gasteiger partial charge in [0.25, 0.3) is 0 Å². The minimum atomic E-state index is -3.35. The summed E-state index contributed by atoms with van der Waals surface area (Å²) in [6.07, 6.45) is 1.11. The molecular weight excluding hydrogens is 328 g/mol. The summed E-state index contributed by atoms with van der Waals surface area (Å²) in [6, 6.07) is 6.90. The van der Waals surface area contributed by atoms with Gasteiger partial charge >= 0.3 is 0 Å². The molecule has 1 aromatic rings. The van der Waals surface area contributed by atoms with Crippen LogP contribution in [0.15, 0.2) is 33.6 Å². The fourth-order valence-electron chi connectivity index (χ4n) is 2.29. The summed E-state index contributed by atoms with van der Waals surface area (Å²) in [7, 11) is -3.35. The minimum absolute atomic E-state index is 0.366. The van der Waals surface area contributed by atoms with Crippen molar-refractivity contribution in [1.29, 1.82) is 0 Å². The summed E-state index contributed by atoms with van der Waals surface area (Å²) < 4.78 is 27.4. The van der Waals surface area contributed by atoms with Crippen molar-refractivity contribution in [2.75, 3.05) is 32.7 Å². The highest BCUT2D eigenvalue weighted by Crippen LogP contribution is 2.21. The molecule has 0 amide bonds. The predicted molar refractivity (Wildman–Crippen MR) is 79.6 cm³/mol. The molecule has 19 heavy (non-hydrogen) atoms. The maximum absolute atomic E-state index is 12.5. The van der Waals surface area contributed by atoms with Gasteiger partial charge in [0, 0.05) is 30.7 Å². The number of nitrogens with zero attached hydrogens (tertiary/aromatic N) is 2. The topological polar surface area (TPSA) is 40.6 Å². The second-order valence-corrected chi connectivity index (χ2v) is 7.56. The van der Waals surface area contributed by atoms with E-state index in [4.69, 9.17) is 0 Å². The summed E-state index contributed by atoms with van der Waals surface area (Å²) in [5.74, 6) is 0. The lowest BCUT2D eigenvalue weighted by Gasteiger charge is -2.33. The highest BCUT2D eigenvalue weighted by Gasteiger charge is 2.28. The van der Waals surface area contributed by atoms with Crippen LogP contribution in [0.25, 0.3) is 0 Å². The molecule has 0 aliphatic carbocycles. The maximum Gasteiger partial charge on any atom is 0.243 e. The number of piperazine rings is 1. The van der Waals surface area contributed by atoms with Crippen molar-refractivity contribution in [3.8, 4) is 0 Å². The van der Waals surface area contributed by atoms with Gasteiger partial charge in [0.2, 0.25) is 10.0 Å². The normalized spacial score (nSPS) is 18.6. The van der Waals surface area contributed by atoms with Gasteiger partial charge in [-0.05, 0) is 31.2 Å². The van der Waals surface area contributed by atoms with Crippen LogP contribution in [0.4, 0.5) is 0 Å². The number of rotatable bonds is 4. The first-order valence-corrected chi connectivity index (χ1v) is 8.75. The molecule has 0 N–H and O–H groups in total. The quantitative estimate of drug-likeness (QED) is 0.838. The van der Waals surface area contributed by atoms with E-state index in [1.54, 1.807) is 22.5 Å². The Morgan fingerprint density at radius 3 is 2.47 bits per heavy atom. The van der Waals surface area contributed by atoms with Gasteiger partial charge in [0.1, 0.15) is 0 Å². The molecule has 1 heterocycles. The molecule has 0 atom stereocenters. The molecule has 4 nitrogen and oxygen atoms in total. The summed E-state index contributed by atoms with van der Waals surface area (Å²) in [5.41, 5.74) is 0. The van der Waals surface area contributed by atoms with Gasteiger partial charge < -0.3 is 4.90 Å². The predicted octanol–water partition coefficient (Wildman–Crippen LogP) is 2.17. The standard InChI is InChI=1S/C13H19BrN2O2S/c1-2-6-15-7-9-16(10-8-15)19(17,18)13-5-3-4-12(14)11-13/h3-5,11H,2,6-10H2,1H3. The van der Waals surface area contributed by atoms with Crippen LogP contribution < -0.4 is 0 Å². The van der Waals surface area contributed by atoms with E-state index >= 15 is 0 Å². The van der Waals surface area contributed by atoms with Crippen molar-refractivity contribution in [1.82, 2.24) is 9.21 Å². The van der Waals surface area contributed by atoms with Gasteiger partial charge in [-0.1, -0.05) is 28.9 Å². The Bertz CT molecular complexity index is 525. The van der Waals surface area contributed by atoms with E-state index in [2.05, 4.69) is 27.8 Å². The number of benzene rings is 1. The summed E-state index contributed by atoms with van der Waals surface area (Å²) in [5, 5.41) is 0. The molecular formula is C13H19BrN2O2S. The Balaban J connectivity index is 2.10. The van der Waals surface area contributed by atoms with E-state index in [1.807, 2.05) is 6.07 Å². The van der Waals surface area contributed by atoms with Gasteiger partial charge in [0.15, 0.2) is 0 Å². The average Bonchev–Trinajstić information content (AvgIpc) is 2.40. The van der Waals surface area contributed by atoms with Gasteiger partial charge in [0.05, 0.1) is 4.90 Å². The van der Waals surface area contributed by atoms with Gasteiger partial charge in [-0.3, -0.25) is 0 Å². The van der Waals surface area contributed by atoms with Crippen LogP contribution in [0.1, 0.15) is 13.3 Å².